The van der Waals surface area contributed by atoms with E-state index < -0.39 is 0 Å². The van der Waals surface area contributed by atoms with E-state index in [1.807, 2.05) is 0 Å². The van der Waals surface area contributed by atoms with Gasteiger partial charge in [-0.15, -0.1) is 0 Å². The molecule has 2 bridgehead atoms. The van der Waals surface area contributed by atoms with Gasteiger partial charge in [-0.1, -0.05) is 0 Å². The molecular formula is C9H18N2. The summed E-state index contributed by atoms with van der Waals surface area (Å²) in [7, 11) is 0. The van der Waals surface area contributed by atoms with Gasteiger partial charge in [0, 0.05) is 13.1 Å². The molecule has 2 nitrogen and oxygen atoms in total. The molecule has 0 aromatic carbocycles. The summed E-state index contributed by atoms with van der Waals surface area (Å²) < 4.78 is 0. The summed E-state index contributed by atoms with van der Waals surface area (Å²) in [4.78, 5) is 2.59. The molecule has 2 heteroatoms. The predicted octanol–water partition coefficient (Wildman–Crippen LogP) is 0.677. The Kier molecular flexibility index (Phi) is 2.14. The zero-order chi connectivity index (χ0) is 7.68. The van der Waals surface area contributed by atoms with Crippen molar-refractivity contribution in [2.24, 2.45) is 17.6 Å². The van der Waals surface area contributed by atoms with Crippen LogP contribution in [0.5, 0.6) is 0 Å². The molecule has 2 saturated heterocycles. The maximum absolute atomic E-state index is 5.46. The van der Waals surface area contributed by atoms with Crippen molar-refractivity contribution in [3.05, 3.63) is 0 Å². The quantitative estimate of drug-likeness (QED) is 0.647. The van der Waals surface area contributed by atoms with E-state index in [-0.39, 0.29) is 0 Å². The van der Waals surface area contributed by atoms with Crippen molar-refractivity contribution in [1.82, 2.24) is 4.90 Å². The molecule has 2 aliphatic heterocycles. The Balaban J connectivity index is 1.70. The molecule has 3 rings (SSSR count). The summed E-state index contributed by atoms with van der Waals surface area (Å²) in [5.74, 6) is 2.10. The number of nitrogens with two attached hydrogens (primary N) is 1. The molecule has 0 spiro atoms. The highest BCUT2D eigenvalue weighted by Crippen LogP contribution is 2.39. The molecule has 3 fully saturated rings. The Bertz CT molecular complexity index is 120. The average molecular weight is 154 g/mol. The van der Waals surface area contributed by atoms with Crippen LogP contribution in [0.15, 0.2) is 0 Å². The summed E-state index contributed by atoms with van der Waals surface area (Å²) in [6.45, 7) is 4.81. The molecule has 1 saturated carbocycles. The lowest BCUT2D eigenvalue weighted by molar-refractivity contribution is 0.0275. The Hall–Kier alpha value is -0.0800. The number of nitrogens with zero attached hydrogens (tertiary/aromatic N) is 1. The molecule has 3 aliphatic rings. The molecule has 1 aliphatic carbocycles. The van der Waals surface area contributed by atoms with Gasteiger partial charge in [0.05, 0.1) is 0 Å². The number of hydrogen-bond donors (Lipinski definition) is 1. The zero-order valence-electron chi connectivity index (χ0n) is 7.13. The molecule has 11 heavy (non-hydrogen) atoms. The van der Waals surface area contributed by atoms with Gasteiger partial charge in [-0.25, -0.2) is 0 Å². The van der Waals surface area contributed by atoms with Crippen molar-refractivity contribution in [3.8, 4) is 0 Å². The topological polar surface area (TPSA) is 29.3 Å². The van der Waals surface area contributed by atoms with Gasteiger partial charge in [0.25, 0.3) is 0 Å². The summed E-state index contributed by atoms with van der Waals surface area (Å²) >= 11 is 0. The monoisotopic (exact) mass is 154 g/mol. The first-order valence-corrected chi connectivity index (χ1v) is 4.81. The summed E-state index contributed by atoms with van der Waals surface area (Å²) in [5, 5.41) is 0. The van der Waals surface area contributed by atoms with Crippen LogP contribution in [-0.2, 0) is 0 Å². The third-order valence-electron chi connectivity index (χ3n) is 3.04. The van der Waals surface area contributed by atoms with Crippen molar-refractivity contribution in [2.75, 3.05) is 26.2 Å². The first-order valence-electron chi connectivity index (χ1n) is 4.81. The molecule has 0 radical (unpaired) electrons. The number of hydrogen-bond acceptors (Lipinski definition) is 2. The lowest BCUT2D eigenvalue weighted by Gasteiger charge is -2.47. The number of rotatable bonds is 3. The van der Waals surface area contributed by atoms with Gasteiger partial charge in [0.1, 0.15) is 0 Å². The van der Waals surface area contributed by atoms with Gasteiger partial charge >= 0.3 is 0 Å². The molecule has 64 valence electrons. The minimum Gasteiger partial charge on any atom is -0.330 e. The first-order chi connectivity index (χ1) is 5.38. The van der Waals surface area contributed by atoms with E-state index in [1.165, 1.54) is 38.9 Å². The van der Waals surface area contributed by atoms with E-state index in [0.717, 1.165) is 18.4 Å². The van der Waals surface area contributed by atoms with Crippen molar-refractivity contribution in [3.63, 3.8) is 0 Å². The van der Waals surface area contributed by atoms with E-state index in [1.54, 1.807) is 0 Å². The fourth-order valence-electron chi connectivity index (χ4n) is 2.47. The largest absolute Gasteiger partial charge is 0.330 e. The Morgan fingerprint density at radius 3 is 2.36 bits per heavy atom. The van der Waals surface area contributed by atoms with Crippen molar-refractivity contribution >= 4 is 0 Å². The number of piperidine rings is 2. The normalized spacial score (nSPS) is 36.8. The Morgan fingerprint density at radius 2 is 1.82 bits per heavy atom. The fraction of sp³-hybridized carbons (Fsp3) is 1.00. The zero-order valence-corrected chi connectivity index (χ0v) is 7.13. The molecule has 2 heterocycles. The van der Waals surface area contributed by atoms with Gasteiger partial charge in [0.2, 0.25) is 0 Å². The SMILES string of the molecule is NCCCN1CC2CC(C2)C1. The van der Waals surface area contributed by atoms with Crippen LogP contribution in [0.2, 0.25) is 0 Å². The smallest absolute Gasteiger partial charge is 0.00100 e. The van der Waals surface area contributed by atoms with Gasteiger partial charge in [0.15, 0.2) is 0 Å². The van der Waals surface area contributed by atoms with E-state index in [9.17, 15) is 0 Å². The lowest BCUT2D eigenvalue weighted by atomic mass is 9.71. The van der Waals surface area contributed by atoms with E-state index >= 15 is 0 Å². The minimum atomic E-state index is 0.853. The molecular weight excluding hydrogens is 136 g/mol. The lowest BCUT2D eigenvalue weighted by Crippen LogP contribution is -2.48. The Labute approximate surface area is 68.7 Å². The maximum Gasteiger partial charge on any atom is 0.00100 e. The van der Waals surface area contributed by atoms with Gasteiger partial charge in [-0.2, -0.15) is 0 Å². The second-order valence-corrected chi connectivity index (χ2v) is 4.11. The Morgan fingerprint density at radius 1 is 1.18 bits per heavy atom. The number of fused-ring (bicyclic) bond motifs is 2. The molecule has 0 unspecified atom stereocenters. The highest BCUT2D eigenvalue weighted by molar-refractivity contribution is 4.89. The van der Waals surface area contributed by atoms with Crippen LogP contribution in [-0.4, -0.2) is 31.1 Å². The van der Waals surface area contributed by atoms with Crippen LogP contribution < -0.4 is 5.73 Å². The second-order valence-electron chi connectivity index (χ2n) is 4.11. The first kappa shape index (κ1) is 7.56. The highest BCUT2D eigenvalue weighted by atomic mass is 15.1. The fourth-order valence-corrected chi connectivity index (χ4v) is 2.47. The highest BCUT2D eigenvalue weighted by Gasteiger charge is 2.36. The molecule has 0 atom stereocenters. The van der Waals surface area contributed by atoms with Crippen LogP contribution in [0, 0.1) is 11.8 Å². The van der Waals surface area contributed by atoms with E-state index in [2.05, 4.69) is 4.90 Å². The van der Waals surface area contributed by atoms with Crippen LogP contribution in [0.3, 0.4) is 0 Å². The van der Waals surface area contributed by atoms with Crippen molar-refractivity contribution in [2.45, 2.75) is 19.3 Å². The van der Waals surface area contributed by atoms with Gasteiger partial charge in [-0.3, -0.25) is 0 Å². The van der Waals surface area contributed by atoms with Crippen LogP contribution in [0.4, 0.5) is 0 Å². The summed E-state index contributed by atoms with van der Waals surface area (Å²) in [6, 6.07) is 0. The van der Waals surface area contributed by atoms with Gasteiger partial charge in [-0.05, 0) is 44.2 Å². The van der Waals surface area contributed by atoms with E-state index in [0.29, 0.717) is 0 Å². The third kappa shape index (κ3) is 1.57. The third-order valence-corrected chi connectivity index (χ3v) is 3.04. The average Bonchev–Trinajstić information content (AvgIpc) is 2.00. The van der Waals surface area contributed by atoms with Gasteiger partial charge < -0.3 is 10.6 Å². The summed E-state index contributed by atoms with van der Waals surface area (Å²) in [6.07, 6.45) is 4.21. The second kappa shape index (κ2) is 3.11. The molecule has 0 aromatic rings. The van der Waals surface area contributed by atoms with Crippen molar-refractivity contribution in [1.29, 1.82) is 0 Å². The van der Waals surface area contributed by atoms with Crippen molar-refractivity contribution < 1.29 is 0 Å². The molecule has 0 aromatic heterocycles. The minimum absolute atomic E-state index is 0.853. The standard InChI is InChI=1S/C9H18N2/c10-2-1-3-11-6-8-4-9(5-8)7-11/h8-9H,1-7,10H2. The van der Waals surface area contributed by atoms with Crippen LogP contribution in [0.1, 0.15) is 19.3 Å². The molecule has 2 N–H and O–H groups in total. The molecule has 0 amide bonds. The summed E-state index contributed by atoms with van der Waals surface area (Å²) in [5.41, 5.74) is 5.46. The predicted molar refractivity (Wildman–Crippen MR) is 46.3 cm³/mol. The van der Waals surface area contributed by atoms with Crippen LogP contribution >= 0.6 is 0 Å². The van der Waals surface area contributed by atoms with E-state index in [4.69, 9.17) is 5.73 Å². The van der Waals surface area contributed by atoms with Crippen LogP contribution in [0.25, 0.3) is 0 Å². The maximum atomic E-state index is 5.46.